The number of amides is 1. The fourth-order valence-electron chi connectivity index (χ4n) is 2.82. The molecule has 0 bridgehead atoms. The van der Waals surface area contributed by atoms with Gasteiger partial charge in [0.05, 0.1) is 12.3 Å². The van der Waals surface area contributed by atoms with Gasteiger partial charge in [-0.3, -0.25) is 4.79 Å². The number of nitrogens with zero attached hydrogens (tertiary/aromatic N) is 3. The molecular formula is C22H18N4O4. The van der Waals surface area contributed by atoms with Crippen molar-refractivity contribution in [3.8, 4) is 17.0 Å². The van der Waals surface area contributed by atoms with Crippen LogP contribution in [0.3, 0.4) is 0 Å². The van der Waals surface area contributed by atoms with Crippen LogP contribution in [0.1, 0.15) is 27.9 Å². The standard InChI is InChI=1S/C22H18N4O4/c1-2-29-22(28)18-11-12-26(24-18)17-10-6-9-16(13-17)23-21(27)19-14-20(30-25-19)15-7-4-3-5-8-15/h3-14H,2H2,1H3,(H,23,27). The number of rotatable bonds is 6. The molecule has 0 aliphatic heterocycles. The van der Waals surface area contributed by atoms with Gasteiger partial charge in [0.2, 0.25) is 0 Å². The van der Waals surface area contributed by atoms with Crippen LogP contribution in [0.15, 0.2) is 77.4 Å². The maximum absolute atomic E-state index is 12.6. The topological polar surface area (TPSA) is 99.2 Å². The molecule has 8 nitrogen and oxygen atoms in total. The van der Waals surface area contributed by atoms with E-state index in [0.717, 1.165) is 5.56 Å². The van der Waals surface area contributed by atoms with Gasteiger partial charge in [0, 0.05) is 23.5 Å². The van der Waals surface area contributed by atoms with E-state index >= 15 is 0 Å². The number of hydrogen-bond donors (Lipinski definition) is 1. The Balaban J connectivity index is 1.49. The maximum Gasteiger partial charge on any atom is 0.358 e. The van der Waals surface area contributed by atoms with E-state index in [4.69, 9.17) is 9.26 Å². The molecule has 4 aromatic rings. The Morgan fingerprint density at radius 1 is 1.03 bits per heavy atom. The van der Waals surface area contributed by atoms with E-state index in [2.05, 4.69) is 15.6 Å². The summed E-state index contributed by atoms with van der Waals surface area (Å²) in [4.78, 5) is 24.3. The van der Waals surface area contributed by atoms with Gasteiger partial charge in [-0.05, 0) is 31.2 Å². The van der Waals surface area contributed by atoms with E-state index in [-0.39, 0.29) is 18.0 Å². The molecule has 8 heteroatoms. The summed E-state index contributed by atoms with van der Waals surface area (Å²) < 4.78 is 11.8. The second-order valence-electron chi connectivity index (χ2n) is 6.31. The molecule has 0 fully saturated rings. The summed E-state index contributed by atoms with van der Waals surface area (Å²) in [6.07, 6.45) is 1.65. The molecule has 0 radical (unpaired) electrons. The molecule has 0 unspecified atom stereocenters. The van der Waals surface area contributed by atoms with Gasteiger partial charge in [-0.25, -0.2) is 9.48 Å². The van der Waals surface area contributed by atoms with Gasteiger partial charge >= 0.3 is 5.97 Å². The molecule has 30 heavy (non-hydrogen) atoms. The summed E-state index contributed by atoms with van der Waals surface area (Å²) in [6, 6.07) is 19.6. The van der Waals surface area contributed by atoms with Crippen LogP contribution in [0.2, 0.25) is 0 Å². The summed E-state index contributed by atoms with van der Waals surface area (Å²) in [6.45, 7) is 2.01. The van der Waals surface area contributed by atoms with Crippen molar-refractivity contribution in [2.24, 2.45) is 0 Å². The first-order chi connectivity index (χ1) is 14.6. The molecule has 0 saturated carbocycles. The monoisotopic (exact) mass is 402 g/mol. The number of ether oxygens (including phenoxy) is 1. The van der Waals surface area contributed by atoms with Gasteiger partial charge < -0.3 is 14.6 Å². The zero-order chi connectivity index (χ0) is 20.9. The second kappa shape index (κ2) is 8.44. The minimum atomic E-state index is -0.485. The number of nitrogens with one attached hydrogen (secondary N) is 1. The molecule has 2 aromatic heterocycles. The highest BCUT2D eigenvalue weighted by Gasteiger charge is 2.15. The third kappa shape index (κ3) is 4.12. The third-order valence-corrected chi connectivity index (χ3v) is 4.24. The van der Waals surface area contributed by atoms with Crippen LogP contribution in [-0.2, 0) is 4.74 Å². The highest BCUT2D eigenvalue weighted by atomic mass is 16.5. The molecule has 0 aliphatic rings. The Morgan fingerprint density at radius 2 is 1.87 bits per heavy atom. The van der Waals surface area contributed by atoms with Crippen molar-refractivity contribution in [2.45, 2.75) is 6.92 Å². The van der Waals surface area contributed by atoms with Crippen molar-refractivity contribution in [1.29, 1.82) is 0 Å². The molecule has 1 N–H and O–H groups in total. The fourth-order valence-corrected chi connectivity index (χ4v) is 2.82. The molecule has 1 amide bonds. The Kier molecular flexibility index (Phi) is 5.38. The average molecular weight is 402 g/mol. The number of esters is 1. The lowest BCUT2D eigenvalue weighted by molar-refractivity contribution is 0.0519. The molecule has 4 rings (SSSR count). The van der Waals surface area contributed by atoms with E-state index in [1.807, 2.05) is 30.3 Å². The largest absolute Gasteiger partial charge is 0.461 e. The number of benzene rings is 2. The average Bonchev–Trinajstić information content (AvgIpc) is 3.45. The first-order valence-corrected chi connectivity index (χ1v) is 9.31. The van der Waals surface area contributed by atoms with Crippen LogP contribution < -0.4 is 5.32 Å². The predicted molar refractivity (Wildman–Crippen MR) is 109 cm³/mol. The van der Waals surface area contributed by atoms with Gasteiger partial charge in [0.15, 0.2) is 17.1 Å². The minimum absolute atomic E-state index is 0.169. The number of aromatic nitrogens is 3. The summed E-state index contributed by atoms with van der Waals surface area (Å²) in [7, 11) is 0. The van der Waals surface area contributed by atoms with E-state index in [1.54, 1.807) is 49.5 Å². The zero-order valence-electron chi connectivity index (χ0n) is 16.1. The smallest absolute Gasteiger partial charge is 0.358 e. The third-order valence-electron chi connectivity index (χ3n) is 4.24. The number of carbonyl (C=O) groups is 2. The van der Waals surface area contributed by atoms with Gasteiger partial charge in [-0.1, -0.05) is 41.6 Å². The van der Waals surface area contributed by atoms with Crippen LogP contribution >= 0.6 is 0 Å². The van der Waals surface area contributed by atoms with Gasteiger partial charge in [-0.15, -0.1) is 0 Å². The van der Waals surface area contributed by atoms with Crippen LogP contribution in [-0.4, -0.2) is 33.4 Å². The lowest BCUT2D eigenvalue weighted by Gasteiger charge is -2.06. The molecule has 150 valence electrons. The number of carbonyl (C=O) groups excluding carboxylic acids is 2. The Morgan fingerprint density at radius 3 is 2.67 bits per heavy atom. The zero-order valence-corrected chi connectivity index (χ0v) is 16.1. The van der Waals surface area contributed by atoms with Crippen molar-refractivity contribution in [3.05, 3.63) is 84.3 Å². The molecule has 2 heterocycles. The highest BCUT2D eigenvalue weighted by Crippen LogP contribution is 2.21. The Hall–Kier alpha value is -4.20. The quantitative estimate of drug-likeness (QED) is 0.490. The van der Waals surface area contributed by atoms with E-state index in [9.17, 15) is 9.59 Å². The molecule has 0 atom stereocenters. The minimum Gasteiger partial charge on any atom is -0.461 e. The number of anilines is 1. The summed E-state index contributed by atoms with van der Waals surface area (Å²) >= 11 is 0. The van der Waals surface area contributed by atoms with E-state index in [1.165, 1.54) is 4.68 Å². The van der Waals surface area contributed by atoms with Crippen LogP contribution in [0.4, 0.5) is 5.69 Å². The number of hydrogen-bond acceptors (Lipinski definition) is 6. The normalized spacial score (nSPS) is 10.6. The summed E-state index contributed by atoms with van der Waals surface area (Å²) in [5.41, 5.74) is 2.44. The van der Waals surface area contributed by atoms with Gasteiger partial charge in [-0.2, -0.15) is 5.10 Å². The maximum atomic E-state index is 12.6. The lowest BCUT2D eigenvalue weighted by Crippen LogP contribution is -2.12. The van der Waals surface area contributed by atoms with Crippen LogP contribution in [0, 0.1) is 0 Å². The molecule has 0 spiro atoms. The van der Waals surface area contributed by atoms with Crippen molar-refractivity contribution in [3.63, 3.8) is 0 Å². The van der Waals surface area contributed by atoms with E-state index in [0.29, 0.717) is 17.1 Å². The Bertz CT molecular complexity index is 1180. The predicted octanol–water partition coefficient (Wildman–Crippen LogP) is 3.96. The fraction of sp³-hybridized carbons (Fsp3) is 0.0909. The molecule has 0 aliphatic carbocycles. The van der Waals surface area contributed by atoms with Crippen molar-refractivity contribution < 1.29 is 18.8 Å². The van der Waals surface area contributed by atoms with E-state index < -0.39 is 11.9 Å². The van der Waals surface area contributed by atoms with Gasteiger partial charge in [0.25, 0.3) is 5.91 Å². The summed E-state index contributed by atoms with van der Waals surface area (Å²) in [5, 5.41) is 10.9. The second-order valence-corrected chi connectivity index (χ2v) is 6.31. The van der Waals surface area contributed by atoms with Crippen molar-refractivity contribution >= 4 is 17.6 Å². The van der Waals surface area contributed by atoms with Crippen molar-refractivity contribution in [2.75, 3.05) is 11.9 Å². The molecule has 0 saturated heterocycles. The highest BCUT2D eigenvalue weighted by molar-refractivity contribution is 6.03. The first-order valence-electron chi connectivity index (χ1n) is 9.31. The first kappa shape index (κ1) is 19.1. The Labute approximate surface area is 172 Å². The van der Waals surface area contributed by atoms with Crippen LogP contribution in [0.25, 0.3) is 17.0 Å². The SMILES string of the molecule is CCOC(=O)c1ccn(-c2cccc(NC(=O)c3cc(-c4ccccc4)on3)c2)n1. The van der Waals surface area contributed by atoms with Gasteiger partial charge in [0.1, 0.15) is 0 Å². The lowest BCUT2D eigenvalue weighted by atomic mass is 10.1. The van der Waals surface area contributed by atoms with Crippen LogP contribution in [0.5, 0.6) is 0 Å². The van der Waals surface area contributed by atoms with Crippen molar-refractivity contribution in [1.82, 2.24) is 14.9 Å². The molecular weight excluding hydrogens is 384 g/mol. The summed E-state index contributed by atoms with van der Waals surface area (Å²) in [5.74, 6) is -0.371. The molecule has 2 aromatic carbocycles.